The maximum absolute atomic E-state index is 2.53. The largest absolute Gasteiger partial charge is 0.309 e. The molecule has 0 saturated carbocycles. The number of anilines is 3. The van der Waals surface area contributed by atoms with Gasteiger partial charge in [0.05, 0.1) is 22.4 Å². The second-order valence-corrected chi connectivity index (χ2v) is 16.0. The van der Waals surface area contributed by atoms with E-state index in [9.17, 15) is 0 Å². The van der Waals surface area contributed by atoms with Crippen molar-refractivity contribution >= 4 is 104 Å². The van der Waals surface area contributed by atoms with Crippen LogP contribution in [-0.4, -0.2) is 4.57 Å². The van der Waals surface area contributed by atoms with Gasteiger partial charge < -0.3 is 9.47 Å². The van der Waals surface area contributed by atoms with Crippen LogP contribution in [0.1, 0.15) is 0 Å². The number of para-hydroxylation sites is 3. The summed E-state index contributed by atoms with van der Waals surface area (Å²) in [6.45, 7) is 0. The molecule has 0 aliphatic carbocycles. The Labute approximate surface area is 346 Å². The molecule has 0 N–H and O–H groups in total. The van der Waals surface area contributed by atoms with Gasteiger partial charge in [0.25, 0.3) is 0 Å². The van der Waals surface area contributed by atoms with Crippen LogP contribution >= 0.6 is 0 Å². The highest BCUT2D eigenvalue weighted by molar-refractivity contribution is 6.37. The Kier molecular flexibility index (Phi) is 7.05. The summed E-state index contributed by atoms with van der Waals surface area (Å²) in [7, 11) is 0. The molecule has 2 heteroatoms. The monoisotopic (exact) mass is 760 g/mol. The molecule has 278 valence electrons. The zero-order chi connectivity index (χ0) is 39.3. The van der Waals surface area contributed by atoms with E-state index in [4.69, 9.17) is 0 Å². The quantitative estimate of drug-likeness (QED) is 0.159. The molecule has 13 aromatic rings. The van der Waals surface area contributed by atoms with E-state index >= 15 is 0 Å². The van der Waals surface area contributed by atoms with Crippen molar-refractivity contribution in [3.05, 3.63) is 218 Å². The standard InChI is InChI=1S/C58H36N2/c1-3-15-37(16-4-1)44-22-7-9-27-50(44)60(53-30-14-29-52-58(53)48-23-8-10-28-51(48)59(52)42-20-5-2-6-21-42)43-35-41-34-33-40-18-12-25-46-45-24-11-17-38-31-32-39-19-13-26-47(56(39)54(38)45)49(36-43)57(41)55(40)46/h1-36H. The fourth-order valence-electron chi connectivity index (χ4n) is 10.4. The Balaban J connectivity index is 1.23. The van der Waals surface area contributed by atoms with Crippen molar-refractivity contribution < 1.29 is 0 Å². The highest BCUT2D eigenvalue weighted by Gasteiger charge is 2.25. The van der Waals surface area contributed by atoms with Gasteiger partial charge >= 0.3 is 0 Å². The SMILES string of the molecule is c1ccc(-c2ccccc2N(c2cc3ccc4cccc5c6cccc7ccc8cccc(c(c2)c3c45)c8c76)c2cccc3c2c2ccccc2n3-c2ccccc2)cc1. The smallest absolute Gasteiger partial charge is 0.0562 e. The Morgan fingerprint density at radius 2 is 0.800 bits per heavy atom. The third-order valence-electron chi connectivity index (χ3n) is 12.8. The molecule has 0 amide bonds. The molecule has 0 radical (unpaired) electrons. The minimum Gasteiger partial charge on any atom is -0.309 e. The van der Waals surface area contributed by atoms with Crippen LogP contribution in [0.15, 0.2) is 218 Å². The minimum atomic E-state index is 1.11. The highest BCUT2D eigenvalue weighted by Crippen LogP contribution is 2.50. The van der Waals surface area contributed by atoms with Gasteiger partial charge in [0.1, 0.15) is 0 Å². The van der Waals surface area contributed by atoms with E-state index in [1.165, 1.54) is 97.6 Å². The molecule has 0 unspecified atom stereocenters. The van der Waals surface area contributed by atoms with Crippen molar-refractivity contribution in [2.45, 2.75) is 0 Å². The van der Waals surface area contributed by atoms with E-state index in [0.717, 1.165) is 22.7 Å². The molecule has 0 aliphatic rings. The number of rotatable bonds is 5. The van der Waals surface area contributed by atoms with Crippen LogP contribution < -0.4 is 4.90 Å². The fourth-order valence-corrected chi connectivity index (χ4v) is 10.4. The van der Waals surface area contributed by atoms with Crippen LogP contribution in [0.5, 0.6) is 0 Å². The first kappa shape index (κ1) is 33.1. The summed E-state index contributed by atoms with van der Waals surface area (Å²) in [6, 6.07) is 80.8. The second kappa shape index (κ2) is 12.8. The van der Waals surface area contributed by atoms with Crippen LogP contribution in [-0.2, 0) is 0 Å². The lowest BCUT2D eigenvalue weighted by Crippen LogP contribution is -2.12. The molecule has 12 aromatic carbocycles. The van der Waals surface area contributed by atoms with Gasteiger partial charge in [-0.3, -0.25) is 0 Å². The average molecular weight is 761 g/mol. The van der Waals surface area contributed by atoms with Crippen molar-refractivity contribution in [3.8, 4) is 16.8 Å². The number of hydrogen-bond donors (Lipinski definition) is 0. The highest BCUT2D eigenvalue weighted by atomic mass is 15.2. The molecule has 2 nitrogen and oxygen atoms in total. The molecular weight excluding hydrogens is 725 g/mol. The zero-order valence-electron chi connectivity index (χ0n) is 32.7. The van der Waals surface area contributed by atoms with E-state index in [1.54, 1.807) is 0 Å². The molecule has 0 saturated heterocycles. The van der Waals surface area contributed by atoms with Gasteiger partial charge in [0.2, 0.25) is 0 Å². The molecule has 0 bridgehead atoms. The maximum atomic E-state index is 2.53. The second-order valence-electron chi connectivity index (χ2n) is 16.0. The Morgan fingerprint density at radius 1 is 0.300 bits per heavy atom. The Hall–Kier alpha value is -7.94. The van der Waals surface area contributed by atoms with E-state index in [1.807, 2.05) is 0 Å². The van der Waals surface area contributed by atoms with E-state index < -0.39 is 0 Å². The Bertz CT molecular complexity index is 3820. The van der Waals surface area contributed by atoms with E-state index in [0.29, 0.717) is 0 Å². The van der Waals surface area contributed by atoms with Crippen LogP contribution in [0.25, 0.3) is 103 Å². The average Bonchev–Trinajstić information content (AvgIpc) is 3.66. The van der Waals surface area contributed by atoms with Gasteiger partial charge in [-0.15, -0.1) is 0 Å². The van der Waals surface area contributed by atoms with Gasteiger partial charge in [0, 0.05) is 27.7 Å². The Morgan fingerprint density at radius 3 is 1.50 bits per heavy atom. The van der Waals surface area contributed by atoms with Gasteiger partial charge in [0.15, 0.2) is 0 Å². The lowest BCUT2D eigenvalue weighted by molar-refractivity contribution is 1.18. The summed E-state index contributed by atoms with van der Waals surface area (Å²) in [5.74, 6) is 0. The summed E-state index contributed by atoms with van der Waals surface area (Å²) < 4.78 is 2.42. The van der Waals surface area contributed by atoms with Gasteiger partial charge in [-0.25, -0.2) is 0 Å². The van der Waals surface area contributed by atoms with Crippen LogP contribution in [0, 0.1) is 0 Å². The van der Waals surface area contributed by atoms with Crippen molar-refractivity contribution in [3.63, 3.8) is 0 Å². The summed E-state index contributed by atoms with van der Waals surface area (Å²) in [6.07, 6.45) is 0. The molecule has 1 heterocycles. The van der Waals surface area contributed by atoms with Crippen LogP contribution in [0.3, 0.4) is 0 Å². The molecule has 13 rings (SSSR count). The molecule has 0 fully saturated rings. The third-order valence-corrected chi connectivity index (χ3v) is 12.8. The third kappa shape index (κ3) is 4.70. The number of hydrogen-bond acceptors (Lipinski definition) is 1. The van der Waals surface area contributed by atoms with Gasteiger partial charge in [-0.1, -0.05) is 170 Å². The van der Waals surface area contributed by atoms with Crippen molar-refractivity contribution in [2.24, 2.45) is 0 Å². The molecular formula is C58H36N2. The normalized spacial score (nSPS) is 12.0. The number of aromatic nitrogens is 1. The van der Waals surface area contributed by atoms with Crippen molar-refractivity contribution in [2.75, 3.05) is 4.90 Å². The lowest BCUT2D eigenvalue weighted by Gasteiger charge is -2.29. The molecule has 0 spiro atoms. The number of fused-ring (bicyclic) bond motifs is 5. The minimum absolute atomic E-state index is 1.11. The van der Waals surface area contributed by atoms with Crippen LogP contribution in [0.2, 0.25) is 0 Å². The predicted molar refractivity (Wildman–Crippen MR) is 257 cm³/mol. The molecule has 60 heavy (non-hydrogen) atoms. The first-order valence-electron chi connectivity index (χ1n) is 20.8. The zero-order valence-corrected chi connectivity index (χ0v) is 32.7. The number of nitrogens with zero attached hydrogens (tertiary/aromatic N) is 2. The van der Waals surface area contributed by atoms with Gasteiger partial charge in [-0.05, 0) is 119 Å². The maximum Gasteiger partial charge on any atom is 0.0562 e. The van der Waals surface area contributed by atoms with Crippen molar-refractivity contribution in [1.29, 1.82) is 0 Å². The lowest BCUT2D eigenvalue weighted by atomic mass is 9.87. The summed E-state index contributed by atoms with van der Waals surface area (Å²) >= 11 is 0. The number of benzene rings is 11. The fraction of sp³-hybridized carbons (Fsp3) is 0. The topological polar surface area (TPSA) is 8.17 Å². The molecule has 1 aromatic heterocycles. The van der Waals surface area contributed by atoms with E-state index in [2.05, 4.69) is 228 Å². The van der Waals surface area contributed by atoms with Gasteiger partial charge in [-0.2, -0.15) is 0 Å². The summed E-state index contributed by atoms with van der Waals surface area (Å²) in [4.78, 5) is 2.53. The molecule has 0 aliphatic heterocycles. The van der Waals surface area contributed by atoms with Crippen LogP contribution in [0.4, 0.5) is 17.1 Å². The summed E-state index contributed by atoms with van der Waals surface area (Å²) in [5, 5.41) is 17.7. The first-order valence-corrected chi connectivity index (χ1v) is 20.8. The predicted octanol–water partition coefficient (Wildman–Crippen LogP) is 16.3. The van der Waals surface area contributed by atoms with E-state index in [-0.39, 0.29) is 0 Å². The summed E-state index contributed by atoms with van der Waals surface area (Å²) in [5.41, 5.74) is 9.21. The molecule has 0 atom stereocenters. The van der Waals surface area contributed by atoms with Crippen molar-refractivity contribution in [1.82, 2.24) is 4.57 Å². The first-order chi connectivity index (χ1) is 29.8.